The molecule has 0 aliphatic heterocycles. The molecule has 8 nitrogen and oxygen atoms in total. The molecule has 0 saturated heterocycles. The lowest BCUT2D eigenvalue weighted by Gasteiger charge is -2.20. The van der Waals surface area contributed by atoms with Gasteiger partial charge in [-0.05, 0) is 25.8 Å². The van der Waals surface area contributed by atoms with E-state index in [-0.39, 0.29) is 17.4 Å². The van der Waals surface area contributed by atoms with Gasteiger partial charge < -0.3 is 20.9 Å². The topological polar surface area (TPSA) is 119 Å². The van der Waals surface area contributed by atoms with Gasteiger partial charge in [-0.1, -0.05) is 13.8 Å². The molecular formula is C14H22N4O4. The average molecular weight is 310 g/mol. The van der Waals surface area contributed by atoms with Gasteiger partial charge in [0.05, 0.1) is 18.3 Å². The standard InChI is InChI=1S/C14H22N4O4/c1-9(2)8-22-11-10(12(19)20)7-16-18(11)6-5-14(3,4)17-13(15)21/h5-7,9H,8H2,1-4H3,(H,19,20)(H3,15,17,21)/b6-5+. The molecule has 2 amide bonds. The number of carboxylic acid groups (broad SMARTS) is 1. The van der Waals surface area contributed by atoms with Crippen molar-refractivity contribution in [3.05, 3.63) is 17.8 Å². The lowest BCUT2D eigenvalue weighted by Crippen LogP contribution is -2.44. The minimum atomic E-state index is -1.12. The predicted molar refractivity (Wildman–Crippen MR) is 81.6 cm³/mol. The van der Waals surface area contributed by atoms with Gasteiger partial charge in [-0.3, -0.25) is 0 Å². The van der Waals surface area contributed by atoms with Crippen molar-refractivity contribution in [2.24, 2.45) is 11.7 Å². The Balaban J connectivity index is 3.03. The Bertz CT molecular complexity index is 575. The van der Waals surface area contributed by atoms with Gasteiger partial charge in [0.2, 0.25) is 5.88 Å². The van der Waals surface area contributed by atoms with Crippen LogP contribution in [-0.4, -0.2) is 39.0 Å². The number of primary amides is 1. The van der Waals surface area contributed by atoms with Crippen LogP contribution in [0.2, 0.25) is 0 Å². The first-order valence-electron chi connectivity index (χ1n) is 6.83. The SMILES string of the molecule is CC(C)COc1c(C(=O)O)cnn1/C=C/C(C)(C)NC(N)=O. The number of nitrogens with zero attached hydrogens (tertiary/aromatic N) is 2. The fourth-order valence-corrected chi connectivity index (χ4v) is 1.61. The van der Waals surface area contributed by atoms with E-state index in [1.54, 1.807) is 19.9 Å². The molecule has 22 heavy (non-hydrogen) atoms. The van der Waals surface area contributed by atoms with E-state index in [1.807, 2.05) is 13.8 Å². The Morgan fingerprint density at radius 3 is 2.68 bits per heavy atom. The van der Waals surface area contributed by atoms with E-state index in [1.165, 1.54) is 17.1 Å². The Kier molecular flexibility index (Phi) is 5.56. The number of hydrogen-bond acceptors (Lipinski definition) is 4. The van der Waals surface area contributed by atoms with Crippen LogP contribution in [0.25, 0.3) is 6.20 Å². The van der Waals surface area contributed by atoms with Gasteiger partial charge in [-0.15, -0.1) is 0 Å². The molecule has 0 atom stereocenters. The molecule has 8 heteroatoms. The number of carbonyl (C=O) groups is 2. The largest absolute Gasteiger partial charge is 0.477 e. The molecule has 122 valence electrons. The van der Waals surface area contributed by atoms with Crippen molar-refractivity contribution < 1.29 is 19.4 Å². The molecular weight excluding hydrogens is 288 g/mol. The first-order chi connectivity index (χ1) is 10.1. The number of carboxylic acids is 1. The molecule has 1 heterocycles. The summed E-state index contributed by atoms with van der Waals surface area (Å²) in [4.78, 5) is 22.1. The van der Waals surface area contributed by atoms with Crippen LogP contribution in [0.5, 0.6) is 5.88 Å². The number of hydrogen-bond donors (Lipinski definition) is 3. The van der Waals surface area contributed by atoms with Crippen LogP contribution in [0.4, 0.5) is 4.79 Å². The molecule has 0 unspecified atom stereocenters. The summed E-state index contributed by atoms with van der Waals surface area (Å²) in [5.74, 6) is -0.734. The fourth-order valence-electron chi connectivity index (χ4n) is 1.61. The van der Waals surface area contributed by atoms with Crippen molar-refractivity contribution >= 4 is 18.2 Å². The summed E-state index contributed by atoms with van der Waals surface area (Å²) < 4.78 is 6.85. The monoisotopic (exact) mass is 310 g/mol. The molecule has 0 spiro atoms. The lowest BCUT2D eigenvalue weighted by molar-refractivity contribution is 0.0691. The highest BCUT2D eigenvalue weighted by atomic mass is 16.5. The van der Waals surface area contributed by atoms with E-state index in [0.717, 1.165) is 0 Å². The van der Waals surface area contributed by atoms with E-state index < -0.39 is 17.5 Å². The normalized spacial score (nSPS) is 11.9. The molecule has 0 aliphatic rings. The fraction of sp³-hybridized carbons (Fsp3) is 0.500. The summed E-state index contributed by atoms with van der Waals surface area (Å²) in [6.07, 6.45) is 4.38. The van der Waals surface area contributed by atoms with Crippen LogP contribution < -0.4 is 15.8 Å². The molecule has 0 bridgehead atoms. The third-order valence-corrected chi connectivity index (χ3v) is 2.61. The summed E-state index contributed by atoms with van der Waals surface area (Å²) in [5, 5.41) is 15.7. The number of urea groups is 1. The smallest absolute Gasteiger partial charge is 0.342 e. The van der Waals surface area contributed by atoms with Gasteiger partial charge in [-0.2, -0.15) is 5.10 Å². The van der Waals surface area contributed by atoms with Crippen molar-refractivity contribution in [1.29, 1.82) is 0 Å². The Labute approximate surface area is 128 Å². The highest BCUT2D eigenvalue weighted by Crippen LogP contribution is 2.20. The number of nitrogens with two attached hydrogens (primary N) is 1. The number of carbonyl (C=O) groups excluding carboxylic acids is 1. The Morgan fingerprint density at radius 1 is 1.55 bits per heavy atom. The zero-order chi connectivity index (χ0) is 16.9. The average Bonchev–Trinajstić information content (AvgIpc) is 2.75. The van der Waals surface area contributed by atoms with Crippen molar-refractivity contribution in [1.82, 2.24) is 15.1 Å². The lowest BCUT2D eigenvalue weighted by atomic mass is 10.1. The third-order valence-electron chi connectivity index (χ3n) is 2.61. The van der Waals surface area contributed by atoms with Crippen molar-refractivity contribution in [3.63, 3.8) is 0 Å². The van der Waals surface area contributed by atoms with Crippen molar-refractivity contribution in [2.45, 2.75) is 33.2 Å². The summed E-state index contributed by atoms with van der Waals surface area (Å²) in [6, 6.07) is -0.655. The van der Waals surface area contributed by atoms with Gasteiger partial charge >= 0.3 is 12.0 Å². The number of aromatic nitrogens is 2. The Hall–Kier alpha value is -2.51. The van der Waals surface area contributed by atoms with Crippen LogP contribution in [0.3, 0.4) is 0 Å². The highest BCUT2D eigenvalue weighted by molar-refractivity contribution is 5.90. The number of rotatable bonds is 7. The molecule has 0 radical (unpaired) electrons. The van der Waals surface area contributed by atoms with Crippen molar-refractivity contribution in [2.75, 3.05) is 6.61 Å². The van der Waals surface area contributed by atoms with Gasteiger partial charge in [-0.25, -0.2) is 14.3 Å². The second-order valence-corrected chi connectivity index (χ2v) is 5.84. The van der Waals surface area contributed by atoms with E-state index >= 15 is 0 Å². The zero-order valence-electron chi connectivity index (χ0n) is 13.2. The maximum atomic E-state index is 11.2. The minimum Gasteiger partial charge on any atom is -0.477 e. The second kappa shape index (κ2) is 6.97. The van der Waals surface area contributed by atoms with Crippen LogP contribution in [0.15, 0.2) is 12.3 Å². The van der Waals surface area contributed by atoms with E-state index in [2.05, 4.69) is 10.4 Å². The zero-order valence-corrected chi connectivity index (χ0v) is 13.2. The second-order valence-electron chi connectivity index (χ2n) is 5.84. The molecule has 1 rings (SSSR count). The number of ether oxygens (including phenoxy) is 1. The van der Waals surface area contributed by atoms with Gasteiger partial charge in [0.1, 0.15) is 5.56 Å². The predicted octanol–water partition coefficient (Wildman–Crippen LogP) is 1.53. The van der Waals surface area contributed by atoms with Crippen LogP contribution in [-0.2, 0) is 0 Å². The summed E-state index contributed by atoms with van der Waals surface area (Å²) in [6.45, 7) is 7.76. The van der Waals surface area contributed by atoms with Gasteiger partial charge in [0, 0.05) is 6.20 Å². The van der Waals surface area contributed by atoms with Crippen LogP contribution in [0, 0.1) is 5.92 Å². The summed E-state index contributed by atoms with van der Waals surface area (Å²) in [7, 11) is 0. The molecule has 0 saturated carbocycles. The van der Waals surface area contributed by atoms with Crippen molar-refractivity contribution in [3.8, 4) is 5.88 Å². The maximum Gasteiger partial charge on any atom is 0.342 e. The third kappa shape index (κ3) is 5.12. The molecule has 0 fully saturated rings. The number of amides is 2. The summed E-state index contributed by atoms with van der Waals surface area (Å²) >= 11 is 0. The first-order valence-corrected chi connectivity index (χ1v) is 6.83. The first kappa shape index (κ1) is 17.5. The number of nitrogens with one attached hydrogen (secondary N) is 1. The number of aromatic carboxylic acids is 1. The maximum absolute atomic E-state index is 11.2. The molecule has 4 N–H and O–H groups in total. The minimum absolute atomic E-state index is 0.0223. The quantitative estimate of drug-likeness (QED) is 0.705. The van der Waals surface area contributed by atoms with E-state index in [0.29, 0.717) is 6.61 Å². The Morgan fingerprint density at radius 2 is 2.18 bits per heavy atom. The molecule has 0 aromatic carbocycles. The molecule has 1 aromatic heterocycles. The van der Waals surface area contributed by atoms with E-state index in [4.69, 9.17) is 15.6 Å². The molecule has 1 aromatic rings. The van der Waals surface area contributed by atoms with Crippen LogP contribution in [0.1, 0.15) is 38.1 Å². The van der Waals surface area contributed by atoms with Crippen LogP contribution >= 0.6 is 0 Å². The van der Waals surface area contributed by atoms with Gasteiger partial charge in [0.15, 0.2) is 0 Å². The molecule has 0 aliphatic carbocycles. The summed E-state index contributed by atoms with van der Waals surface area (Å²) in [5.41, 5.74) is 4.36. The van der Waals surface area contributed by atoms with Gasteiger partial charge in [0.25, 0.3) is 0 Å². The van der Waals surface area contributed by atoms with E-state index in [9.17, 15) is 9.59 Å². The highest BCUT2D eigenvalue weighted by Gasteiger charge is 2.19.